The van der Waals surface area contributed by atoms with Gasteiger partial charge in [0.15, 0.2) is 0 Å². The van der Waals surface area contributed by atoms with Crippen LogP contribution < -0.4 is 11.1 Å². The Labute approximate surface area is 107 Å². The fourth-order valence-electron chi connectivity index (χ4n) is 1.68. The molecule has 2 heterocycles. The molecule has 0 N–H and O–H groups in total. The minimum absolute atomic E-state index is 0.146. The maximum atomic E-state index is 12.1. The van der Waals surface area contributed by atoms with Crippen molar-refractivity contribution >= 4 is 5.52 Å². The molecule has 0 amide bonds. The highest BCUT2D eigenvalue weighted by Gasteiger charge is 2.15. The van der Waals surface area contributed by atoms with Gasteiger partial charge in [-0.3, -0.25) is 14.0 Å². The van der Waals surface area contributed by atoms with Crippen molar-refractivity contribution in [2.45, 2.75) is 40.2 Å². The minimum Gasteiger partial charge on any atom is -0.307 e. The molecule has 0 aliphatic rings. The van der Waals surface area contributed by atoms with Crippen LogP contribution in [0.4, 0.5) is 0 Å². The number of hydrogen-bond acceptors (Lipinski definition) is 2. The summed E-state index contributed by atoms with van der Waals surface area (Å²) < 4.78 is 2.99. The van der Waals surface area contributed by atoms with Crippen LogP contribution in [-0.4, -0.2) is 8.97 Å². The average Bonchev–Trinajstić information content (AvgIpc) is 2.32. The molecule has 0 aliphatic heterocycles. The summed E-state index contributed by atoms with van der Waals surface area (Å²) >= 11 is 0. The predicted molar refractivity (Wildman–Crippen MR) is 74.3 cm³/mol. The lowest BCUT2D eigenvalue weighted by molar-refractivity contribution is 0.384. The van der Waals surface area contributed by atoms with Crippen molar-refractivity contribution in [3.63, 3.8) is 0 Å². The van der Waals surface area contributed by atoms with E-state index in [1.165, 1.54) is 10.5 Å². The second-order valence-corrected chi connectivity index (χ2v) is 4.76. The van der Waals surface area contributed by atoms with Gasteiger partial charge in [0.05, 0.1) is 0 Å². The van der Waals surface area contributed by atoms with E-state index in [-0.39, 0.29) is 16.7 Å². The summed E-state index contributed by atoms with van der Waals surface area (Å²) in [6.45, 7) is 9.85. The summed E-state index contributed by atoms with van der Waals surface area (Å²) in [7, 11) is 0. The second kappa shape index (κ2) is 5.21. The molecule has 0 atom stereocenters. The molecular weight excluding hydrogens is 228 g/mol. The van der Waals surface area contributed by atoms with Gasteiger partial charge >= 0.3 is 0 Å². The molecule has 0 saturated carbocycles. The summed E-state index contributed by atoms with van der Waals surface area (Å²) in [6.07, 6.45) is 3.28. The molecular formula is C14H20N2O2. The predicted octanol–water partition coefficient (Wildman–Crippen LogP) is 2.24. The van der Waals surface area contributed by atoms with Crippen molar-refractivity contribution in [3.05, 3.63) is 51.3 Å². The van der Waals surface area contributed by atoms with Gasteiger partial charge < -0.3 is 4.57 Å². The van der Waals surface area contributed by atoms with Crippen molar-refractivity contribution in [1.82, 2.24) is 8.97 Å². The summed E-state index contributed by atoms with van der Waals surface area (Å²) in [4.78, 5) is 23.6. The van der Waals surface area contributed by atoms with Crippen LogP contribution >= 0.6 is 0 Å². The van der Waals surface area contributed by atoms with Gasteiger partial charge in [-0.15, -0.1) is 0 Å². The molecule has 4 heteroatoms. The molecule has 2 aromatic rings. The summed E-state index contributed by atoms with van der Waals surface area (Å²) in [5.41, 5.74) is -0.210. The Bertz CT molecular complexity index is 645. The molecule has 0 radical (unpaired) electrons. The van der Waals surface area contributed by atoms with E-state index in [9.17, 15) is 9.59 Å². The number of rotatable bonds is 0. The van der Waals surface area contributed by atoms with Gasteiger partial charge in [0, 0.05) is 24.0 Å². The van der Waals surface area contributed by atoms with E-state index in [2.05, 4.69) is 0 Å². The smallest absolute Gasteiger partial charge is 0.275 e. The van der Waals surface area contributed by atoms with Crippen LogP contribution in [0.2, 0.25) is 0 Å². The highest BCUT2D eigenvalue weighted by atomic mass is 16.1. The zero-order valence-electron chi connectivity index (χ0n) is 11.6. The largest absolute Gasteiger partial charge is 0.307 e. The maximum Gasteiger partial charge on any atom is 0.275 e. The zero-order chi connectivity index (χ0) is 13.9. The Balaban J connectivity index is 0.000000771. The van der Waals surface area contributed by atoms with E-state index in [0.29, 0.717) is 5.52 Å². The second-order valence-electron chi connectivity index (χ2n) is 4.76. The minimum atomic E-state index is -0.287. The Morgan fingerprint density at radius 3 is 2.17 bits per heavy atom. The van der Waals surface area contributed by atoms with Crippen LogP contribution in [0.25, 0.3) is 5.52 Å². The van der Waals surface area contributed by atoms with Crippen LogP contribution in [-0.2, 0) is 5.54 Å². The Morgan fingerprint density at radius 1 is 1.00 bits per heavy atom. The van der Waals surface area contributed by atoms with Gasteiger partial charge in [-0.1, -0.05) is 19.9 Å². The fraction of sp³-hybridized carbons (Fsp3) is 0.429. The van der Waals surface area contributed by atoms with Crippen molar-refractivity contribution in [2.24, 2.45) is 0 Å². The standard InChI is InChI=1S/C12H14N2O2.C2H6/c1-12(2,3)14-8-7-13-9(11(14)16)5-4-6-10(13)15;1-2/h4-8H,1-3H3;1-2H3. The van der Waals surface area contributed by atoms with E-state index >= 15 is 0 Å². The number of nitrogens with zero attached hydrogens (tertiary/aromatic N) is 2. The molecule has 18 heavy (non-hydrogen) atoms. The highest BCUT2D eigenvalue weighted by molar-refractivity contribution is 5.43. The number of pyridine rings is 1. The fourth-order valence-corrected chi connectivity index (χ4v) is 1.68. The number of aromatic nitrogens is 2. The van der Waals surface area contributed by atoms with Crippen LogP contribution in [0.15, 0.2) is 40.2 Å². The van der Waals surface area contributed by atoms with Crippen LogP contribution in [0, 0.1) is 0 Å². The SMILES string of the molecule is CC.CC(C)(C)n1ccn2c(=O)cccc2c1=O. The highest BCUT2D eigenvalue weighted by Crippen LogP contribution is 2.10. The van der Waals surface area contributed by atoms with Gasteiger partial charge in [-0.25, -0.2) is 0 Å². The molecule has 0 spiro atoms. The van der Waals surface area contributed by atoms with Crippen LogP contribution in [0.3, 0.4) is 0 Å². The van der Waals surface area contributed by atoms with Crippen molar-refractivity contribution in [2.75, 3.05) is 0 Å². The first-order valence-electron chi connectivity index (χ1n) is 6.15. The lowest BCUT2D eigenvalue weighted by Gasteiger charge is -2.22. The van der Waals surface area contributed by atoms with Crippen LogP contribution in [0.1, 0.15) is 34.6 Å². The maximum absolute atomic E-state index is 12.1. The molecule has 0 fully saturated rings. The third-order valence-electron chi connectivity index (χ3n) is 2.52. The molecule has 2 rings (SSSR count). The lowest BCUT2D eigenvalue weighted by Crippen LogP contribution is -2.35. The molecule has 0 saturated heterocycles. The van der Waals surface area contributed by atoms with Gasteiger partial charge in [-0.05, 0) is 26.8 Å². The average molecular weight is 248 g/mol. The molecule has 98 valence electrons. The first-order valence-corrected chi connectivity index (χ1v) is 6.15. The Morgan fingerprint density at radius 2 is 1.61 bits per heavy atom. The third kappa shape index (κ3) is 2.53. The van der Waals surface area contributed by atoms with E-state index in [4.69, 9.17) is 0 Å². The van der Waals surface area contributed by atoms with Gasteiger partial charge in [0.1, 0.15) is 5.52 Å². The van der Waals surface area contributed by atoms with Crippen molar-refractivity contribution < 1.29 is 0 Å². The molecule has 2 aromatic heterocycles. The van der Waals surface area contributed by atoms with Gasteiger partial charge in [-0.2, -0.15) is 0 Å². The molecule has 0 bridgehead atoms. The summed E-state index contributed by atoms with van der Waals surface area (Å²) in [5, 5.41) is 0. The topological polar surface area (TPSA) is 43.5 Å². The number of hydrogen-bond donors (Lipinski definition) is 0. The lowest BCUT2D eigenvalue weighted by atomic mass is 10.1. The van der Waals surface area contributed by atoms with Crippen molar-refractivity contribution in [1.29, 1.82) is 0 Å². The molecule has 0 aliphatic carbocycles. The monoisotopic (exact) mass is 248 g/mol. The van der Waals surface area contributed by atoms with Gasteiger partial charge in [0.25, 0.3) is 11.1 Å². The summed E-state index contributed by atoms with van der Waals surface area (Å²) in [6, 6.07) is 4.70. The Hall–Kier alpha value is -1.84. The van der Waals surface area contributed by atoms with Gasteiger partial charge in [0.2, 0.25) is 0 Å². The first-order chi connectivity index (χ1) is 8.41. The normalized spacial score (nSPS) is 10.9. The zero-order valence-corrected chi connectivity index (χ0v) is 11.6. The first kappa shape index (κ1) is 14.2. The van der Waals surface area contributed by atoms with E-state index in [1.54, 1.807) is 29.1 Å². The third-order valence-corrected chi connectivity index (χ3v) is 2.52. The Kier molecular flexibility index (Phi) is 4.11. The van der Waals surface area contributed by atoms with Crippen LogP contribution in [0.5, 0.6) is 0 Å². The number of fused-ring (bicyclic) bond motifs is 1. The molecule has 0 aromatic carbocycles. The summed E-state index contributed by atoms with van der Waals surface area (Å²) in [5.74, 6) is 0. The van der Waals surface area contributed by atoms with E-state index in [0.717, 1.165) is 0 Å². The molecule has 4 nitrogen and oxygen atoms in total. The van der Waals surface area contributed by atoms with E-state index < -0.39 is 0 Å². The van der Waals surface area contributed by atoms with Crippen molar-refractivity contribution in [3.8, 4) is 0 Å². The molecule has 0 unspecified atom stereocenters. The van der Waals surface area contributed by atoms with E-state index in [1.807, 2.05) is 34.6 Å². The quantitative estimate of drug-likeness (QED) is 0.717.